The van der Waals surface area contributed by atoms with Crippen LogP contribution in [0.15, 0.2) is 24.3 Å². The molecule has 0 unspecified atom stereocenters. The Labute approximate surface area is 147 Å². The van der Waals surface area contributed by atoms with Crippen molar-refractivity contribution in [1.29, 1.82) is 0 Å². The molecule has 0 spiro atoms. The number of fused-ring (bicyclic) bond motifs is 1. The summed E-state index contributed by atoms with van der Waals surface area (Å²) >= 11 is 0. The zero-order chi connectivity index (χ0) is 18.4. The summed E-state index contributed by atoms with van der Waals surface area (Å²) in [5.41, 5.74) is 1.48. The van der Waals surface area contributed by atoms with Crippen LogP contribution in [0.5, 0.6) is 0 Å². The second-order valence-electron chi connectivity index (χ2n) is 6.04. The van der Waals surface area contributed by atoms with Gasteiger partial charge in [0.2, 0.25) is 5.91 Å². The Morgan fingerprint density at radius 3 is 2.64 bits per heavy atom. The molecule has 0 bridgehead atoms. The minimum absolute atomic E-state index is 0.0214. The lowest BCUT2D eigenvalue weighted by Crippen LogP contribution is -2.41. The fourth-order valence-corrected chi connectivity index (χ4v) is 2.64. The van der Waals surface area contributed by atoms with Crippen LogP contribution in [0.2, 0.25) is 0 Å². The van der Waals surface area contributed by atoms with Crippen LogP contribution in [0.3, 0.4) is 0 Å². The number of benzene rings is 1. The van der Waals surface area contributed by atoms with E-state index in [9.17, 15) is 14.0 Å². The molecular formula is C19H24FN3O2. The summed E-state index contributed by atoms with van der Waals surface area (Å²) < 4.78 is 13.3. The van der Waals surface area contributed by atoms with Crippen molar-refractivity contribution in [2.75, 3.05) is 19.6 Å². The average molecular weight is 345 g/mol. The number of amides is 2. The number of pyridine rings is 1. The third kappa shape index (κ3) is 4.75. The maximum absolute atomic E-state index is 13.3. The van der Waals surface area contributed by atoms with Crippen molar-refractivity contribution in [2.24, 2.45) is 0 Å². The number of hydrogen-bond acceptors (Lipinski definition) is 3. The summed E-state index contributed by atoms with van der Waals surface area (Å²) in [5, 5.41) is 3.48. The molecule has 1 aromatic carbocycles. The number of halogens is 1. The van der Waals surface area contributed by atoms with Gasteiger partial charge in [-0.1, -0.05) is 13.8 Å². The first-order chi connectivity index (χ1) is 12.0. The fraction of sp³-hybridized carbons (Fsp3) is 0.421. The second-order valence-corrected chi connectivity index (χ2v) is 6.04. The largest absolute Gasteiger partial charge is 0.355 e. The van der Waals surface area contributed by atoms with Gasteiger partial charge in [-0.05, 0) is 38.0 Å². The summed E-state index contributed by atoms with van der Waals surface area (Å²) in [5.74, 6) is -0.763. The molecule has 2 aromatic rings. The van der Waals surface area contributed by atoms with E-state index in [4.69, 9.17) is 0 Å². The van der Waals surface area contributed by atoms with Gasteiger partial charge < -0.3 is 10.2 Å². The molecule has 25 heavy (non-hydrogen) atoms. The third-order valence-electron chi connectivity index (χ3n) is 3.89. The molecule has 1 aromatic heterocycles. The molecule has 1 N–H and O–H groups in total. The molecule has 0 fully saturated rings. The minimum atomic E-state index is -0.362. The van der Waals surface area contributed by atoms with Gasteiger partial charge in [0.15, 0.2) is 0 Å². The summed E-state index contributed by atoms with van der Waals surface area (Å²) in [6.07, 6.45) is 1.59. The number of hydrogen-bond donors (Lipinski definition) is 1. The number of aromatic nitrogens is 1. The highest BCUT2D eigenvalue weighted by Crippen LogP contribution is 2.19. The molecule has 0 saturated heterocycles. The maximum Gasteiger partial charge on any atom is 0.256 e. The van der Waals surface area contributed by atoms with Crippen LogP contribution in [0, 0.1) is 12.7 Å². The first-order valence-corrected chi connectivity index (χ1v) is 8.59. The van der Waals surface area contributed by atoms with E-state index in [0.717, 1.165) is 12.8 Å². The van der Waals surface area contributed by atoms with Gasteiger partial charge >= 0.3 is 0 Å². The normalized spacial score (nSPS) is 10.7. The zero-order valence-electron chi connectivity index (χ0n) is 14.9. The van der Waals surface area contributed by atoms with Crippen molar-refractivity contribution in [2.45, 2.75) is 33.6 Å². The number of nitrogens with zero attached hydrogens (tertiary/aromatic N) is 2. The lowest BCUT2D eigenvalue weighted by Gasteiger charge is -2.22. The molecule has 2 amide bonds. The van der Waals surface area contributed by atoms with Crippen molar-refractivity contribution >= 4 is 22.7 Å². The standard InChI is InChI=1S/C19H24FN3O2/c1-4-8-21-18(24)12-23(9-5-2)19(25)16-10-14-6-7-15(20)11-17(14)22-13(16)3/h6-7,10-11H,4-5,8-9,12H2,1-3H3,(H,21,24). The van der Waals surface area contributed by atoms with E-state index >= 15 is 0 Å². The molecule has 5 nitrogen and oxygen atoms in total. The fourth-order valence-electron chi connectivity index (χ4n) is 2.64. The molecular weight excluding hydrogens is 321 g/mol. The molecule has 0 aliphatic heterocycles. The van der Waals surface area contributed by atoms with E-state index in [1.54, 1.807) is 19.1 Å². The van der Waals surface area contributed by atoms with Crippen molar-refractivity contribution in [3.63, 3.8) is 0 Å². The SMILES string of the molecule is CCCNC(=O)CN(CCC)C(=O)c1cc2ccc(F)cc2nc1C. The molecule has 0 radical (unpaired) electrons. The highest BCUT2D eigenvalue weighted by Gasteiger charge is 2.21. The Morgan fingerprint density at radius 1 is 1.20 bits per heavy atom. The van der Waals surface area contributed by atoms with E-state index < -0.39 is 0 Å². The van der Waals surface area contributed by atoms with Crippen molar-refractivity contribution < 1.29 is 14.0 Å². The van der Waals surface area contributed by atoms with E-state index in [0.29, 0.717) is 35.2 Å². The quantitative estimate of drug-likeness (QED) is 0.839. The highest BCUT2D eigenvalue weighted by molar-refractivity contribution is 6.00. The predicted octanol–water partition coefficient (Wildman–Crippen LogP) is 3.06. The average Bonchev–Trinajstić information content (AvgIpc) is 2.58. The predicted molar refractivity (Wildman–Crippen MR) is 95.9 cm³/mol. The first kappa shape index (κ1) is 18.8. The van der Waals surface area contributed by atoms with E-state index in [1.807, 2.05) is 13.8 Å². The zero-order valence-corrected chi connectivity index (χ0v) is 14.9. The Bertz CT molecular complexity index is 777. The minimum Gasteiger partial charge on any atom is -0.355 e. The molecule has 6 heteroatoms. The van der Waals surface area contributed by atoms with Gasteiger partial charge in [0, 0.05) is 24.5 Å². The van der Waals surface area contributed by atoms with Crippen molar-refractivity contribution in [3.05, 3.63) is 41.3 Å². The van der Waals surface area contributed by atoms with Gasteiger partial charge in [0.05, 0.1) is 23.3 Å². The van der Waals surface area contributed by atoms with Gasteiger partial charge in [-0.25, -0.2) is 4.39 Å². The summed E-state index contributed by atoms with van der Waals surface area (Å²) in [6.45, 7) is 6.75. The van der Waals surface area contributed by atoms with Crippen LogP contribution < -0.4 is 5.32 Å². The number of nitrogens with one attached hydrogen (secondary N) is 1. The van der Waals surface area contributed by atoms with Crippen molar-refractivity contribution in [1.82, 2.24) is 15.2 Å². The molecule has 134 valence electrons. The number of rotatable bonds is 7. The van der Waals surface area contributed by atoms with Crippen LogP contribution in [0.25, 0.3) is 10.9 Å². The van der Waals surface area contributed by atoms with Gasteiger partial charge in [0.1, 0.15) is 5.82 Å². The number of carbonyl (C=O) groups is 2. The van der Waals surface area contributed by atoms with E-state index in [2.05, 4.69) is 10.3 Å². The topological polar surface area (TPSA) is 62.3 Å². The van der Waals surface area contributed by atoms with Crippen LogP contribution in [0.1, 0.15) is 42.7 Å². The molecule has 0 aliphatic rings. The van der Waals surface area contributed by atoms with Gasteiger partial charge in [-0.15, -0.1) is 0 Å². The maximum atomic E-state index is 13.3. The molecule has 1 heterocycles. The van der Waals surface area contributed by atoms with E-state index in [-0.39, 0.29) is 24.2 Å². The molecule has 0 atom stereocenters. The van der Waals surface area contributed by atoms with E-state index in [1.165, 1.54) is 17.0 Å². The van der Waals surface area contributed by atoms with Gasteiger partial charge in [0.25, 0.3) is 5.91 Å². The number of carbonyl (C=O) groups excluding carboxylic acids is 2. The van der Waals surface area contributed by atoms with Crippen LogP contribution >= 0.6 is 0 Å². The second kappa shape index (κ2) is 8.55. The Kier molecular flexibility index (Phi) is 6.44. The Hall–Kier alpha value is -2.50. The first-order valence-electron chi connectivity index (χ1n) is 8.59. The summed E-state index contributed by atoms with van der Waals surface area (Å²) in [7, 11) is 0. The summed E-state index contributed by atoms with van der Waals surface area (Å²) in [4.78, 5) is 30.8. The molecule has 2 rings (SSSR count). The number of aryl methyl sites for hydroxylation is 1. The van der Waals surface area contributed by atoms with Gasteiger partial charge in [-0.2, -0.15) is 0 Å². The van der Waals surface area contributed by atoms with Crippen LogP contribution in [-0.4, -0.2) is 41.3 Å². The monoisotopic (exact) mass is 345 g/mol. The van der Waals surface area contributed by atoms with Crippen molar-refractivity contribution in [3.8, 4) is 0 Å². The molecule has 0 aliphatic carbocycles. The smallest absolute Gasteiger partial charge is 0.256 e. The van der Waals surface area contributed by atoms with Crippen LogP contribution in [0.4, 0.5) is 4.39 Å². The van der Waals surface area contributed by atoms with Gasteiger partial charge in [-0.3, -0.25) is 14.6 Å². The lowest BCUT2D eigenvalue weighted by atomic mass is 10.1. The summed E-state index contributed by atoms with van der Waals surface area (Å²) in [6, 6.07) is 6.01. The lowest BCUT2D eigenvalue weighted by molar-refractivity contribution is -0.121. The van der Waals surface area contributed by atoms with Crippen LogP contribution in [-0.2, 0) is 4.79 Å². The third-order valence-corrected chi connectivity index (χ3v) is 3.89. The molecule has 0 saturated carbocycles. The Balaban J connectivity index is 2.28. The Morgan fingerprint density at radius 2 is 1.96 bits per heavy atom. The highest BCUT2D eigenvalue weighted by atomic mass is 19.1.